The van der Waals surface area contributed by atoms with Gasteiger partial charge in [0.1, 0.15) is 11.8 Å². The van der Waals surface area contributed by atoms with E-state index in [1.165, 1.54) is 19.3 Å². The van der Waals surface area contributed by atoms with E-state index >= 15 is 0 Å². The predicted molar refractivity (Wildman–Crippen MR) is 95.5 cm³/mol. The van der Waals surface area contributed by atoms with Crippen molar-refractivity contribution in [2.45, 2.75) is 51.6 Å². The number of carboxylic acids is 1. The van der Waals surface area contributed by atoms with Crippen LogP contribution in [-0.2, 0) is 16.1 Å². The molecule has 1 heterocycles. The Bertz CT molecular complexity index is 576. The number of hydrogen-bond acceptors (Lipinski definition) is 4. The number of nitrogens with zero attached hydrogens (tertiary/aromatic N) is 1. The van der Waals surface area contributed by atoms with E-state index in [1.807, 2.05) is 29.2 Å². The summed E-state index contributed by atoms with van der Waals surface area (Å²) in [6.07, 6.45) is 4.47. The first-order valence-electron chi connectivity index (χ1n) is 9.05. The largest absolute Gasteiger partial charge is 0.494 e. The molecule has 0 radical (unpaired) electrons. The average Bonchev–Trinajstić information content (AvgIpc) is 2.58. The summed E-state index contributed by atoms with van der Waals surface area (Å²) in [5.41, 5.74) is 1.02. The molecule has 0 aromatic heterocycles. The molecule has 1 saturated heterocycles. The molecule has 1 fully saturated rings. The van der Waals surface area contributed by atoms with Crippen molar-refractivity contribution in [2.75, 3.05) is 19.7 Å². The van der Waals surface area contributed by atoms with Crippen LogP contribution in [0.15, 0.2) is 24.3 Å². The number of aliphatic carboxylic acids is 1. The summed E-state index contributed by atoms with van der Waals surface area (Å²) in [7, 11) is 0. The Morgan fingerprint density at radius 3 is 2.96 bits per heavy atom. The lowest BCUT2D eigenvalue weighted by molar-refractivity contribution is -0.143. The van der Waals surface area contributed by atoms with E-state index in [9.17, 15) is 9.59 Å². The molecule has 1 aliphatic rings. The van der Waals surface area contributed by atoms with E-state index in [-0.39, 0.29) is 12.3 Å². The summed E-state index contributed by atoms with van der Waals surface area (Å²) >= 11 is 0. The van der Waals surface area contributed by atoms with Gasteiger partial charge in [0.05, 0.1) is 13.0 Å². The van der Waals surface area contributed by atoms with Crippen molar-refractivity contribution in [3.05, 3.63) is 29.8 Å². The van der Waals surface area contributed by atoms with Crippen LogP contribution in [0.25, 0.3) is 0 Å². The third-order valence-corrected chi connectivity index (χ3v) is 4.36. The number of carbonyl (C=O) groups excluding carboxylic acids is 1. The summed E-state index contributed by atoms with van der Waals surface area (Å²) in [6, 6.07) is 7.21. The van der Waals surface area contributed by atoms with Crippen molar-refractivity contribution in [2.24, 2.45) is 0 Å². The molecule has 6 heteroatoms. The lowest BCUT2D eigenvalue weighted by Crippen LogP contribution is -2.55. The maximum Gasteiger partial charge on any atom is 0.305 e. The van der Waals surface area contributed by atoms with Gasteiger partial charge in [-0.05, 0) is 24.1 Å². The van der Waals surface area contributed by atoms with Gasteiger partial charge in [0.25, 0.3) is 0 Å². The highest BCUT2D eigenvalue weighted by Gasteiger charge is 2.31. The van der Waals surface area contributed by atoms with Crippen LogP contribution in [0.1, 0.15) is 44.6 Å². The molecule has 1 atom stereocenters. The quantitative estimate of drug-likeness (QED) is 0.635. The lowest BCUT2D eigenvalue weighted by Gasteiger charge is -2.34. The summed E-state index contributed by atoms with van der Waals surface area (Å²) in [4.78, 5) is 24.9. The first kappa shape index (κ1) is 19.2. The van der Waals surface area contributed by atoms with Crippen LogP contribution in [0.3, 0.4) is 0 Å². The fourth-order valence-electron chi connectivity index (χ4n) is 3.03. The minimum absolute atomic E-state index is 0.181. The topological polar surface area (TPSA) is 78.9 Å². The van der Waals surface area contributed by atoms with Crippen molar-refractivity contribution >= 4 is 11.9 Å². The van der Waals surface area contributed by atoms with Crippen LogP contribution in [0.5, 0.6) is 5.75 Å². The van der Waals surface area contributed by atoms with Crippen molar-refractivity contribution in [1.82, 2.24) is 10.2 Å². The molecule has 1 amide bonds. The van der Waals surface area contributed by atoms with Crippen LogP contribution >= 0.6 is 0 Å². The monoisotopic (exact) mass is 348 g/mol. The van der Waals surface area contributed by atoms with Crippen molar-refractivity contribution in [1.29, 1.82) is 0 Å². The second-order valence-electron chi connectivity index (χ2n) is 6.43. The number of carbonyl (C=O) groups is 2. The van der Waals surface area contributed by atoms with Crippen molar-refractivity contribution in [3.8, 4) is 5.75 Å². The smallest absolute Gasteiger partial charge is 0.305 e. The average molecular weight is 348 g/mol. The summed E-state index contributed by atoms with van der Waals surface area (Å²) in [6.45, 7) is 4.62. The molecule has 1 unspecified atom stereocenters. The molecular formula is C19H28N2O4. The molecule has 138 valence electrons. The molecular weight excluding hydrogens is 320 g/mol. The minimum atomic E-state index is -0.962. The number of nitrogens with one attached hydrogen (secondary N) is 1. The molecule has 2 rings (SSSR count). The predicted octanol–water partition coefficient (Wildman–Crippen LogP) is 2.42. The van der Waals surface area contributed by atoms with Gasteiger partial charge in [-0.1, -0.05) is 38.3 Å². The van der Waals surface area contributed by atoms with Gasteiger partial charge in [-0.15, -0.1) is 0 Å². The number of hydrogen-bond donors (Lipinski definition) is 2. The normalized spacial score (nSPS) is 18.0. The summed E-state index contributed by atoms with van der Waals surface area (Å²) < 4.78 is 5.80. The van der Waals surface area contributed by atoms with E-state index < -0.39 is 12.0 Å². The first-order chi connectivity index (χ1) is 12.1. The molecule has 1 aromatic carbocycles. The number of rotatable bonds is 10. The molecule has 0 aliphatic carbocycles. The Balaban J connectivity index is 1.93. The number of amides is 1. The third kappa shape index (κ3) is 6.38. The molecule has 25 heavy (non-hydrogen) atoms. The van der Waals surface area contributed by atoms with E-state index in [1.54, 1.807) is 0 Å². The zero-order valence-electron chi connectivity index (χ0n) is 14.9. The Morgan fingerprint density at radius 1 is 1.36 bits per heavy atom. The minimum Gasteiger partial charge on any atom is -0.494 e. The van der Waals surface area contributed by atoms with Crippen LogP contribution < -0.4 is 10.1 Å². The fourth-order valence-corrected chi connectivity index (χ4v) is 3.03. The third-order valence-electron chi connectivity index (χ3n) is 4.36. The zero-order chi connectivity index (χ0) is 18.1. The molecule has 1 aliphatic heterocycles. The van der Waals surface area contributed by atoms with Gasteiger partial charge in [0.15, 0.2) is 0 Å². The number of ether oxygens (including phenoxy) is 1. The Hall–Kier alpha value is -2.08. The number of benzene rings is 1. The van der Waals surface area contributed by atoms with Gasteiger partial charge >= 0.3 is 5.97 Å². The molecule has 0 bridgehead atoms. The maximum absolute atomic E-state index is 12.0. The second kappa shape index (κ2) is 10.0. The number of piperazine rings is 1. The van der Waals surface area contributed by atoms with E-state index in [0.29, 0.717) is 26.2 Å². The first-order valence-corrected chi connectivity index (χ1v) is 9.05. The Kier molecular flexibility index (Phi) is 7.73. The highest BCUT2D eigenvalue weighted by Crippen LogP contribution is 2.18. The summed E-state index contributed by atoms with van der Waals surface area (Å²) in [5.74, 6) is -0.349. The highest BCUT2D eigenvalue weighted by molar-refractivity contribution is 5.86. The highest BCUT2D eigenvalue weighted by atomic mass is 16.5. The molecule has 6 nitrogen and oxygen atoms in total. The van der Waals surface area contributed by atoms with Gasteiger partial charge in [-0.3, -0.25) is 14.5 Å². The van der Waals surface area contributed by atoms with Gasteiger partial charge < -0.3 is 15.2 Å². The van der Waals surface area contributed by atoms with Gasteiger partial charge in [-0.2, -0.15) is 0 Å². The second-order valence-corrected chi connectivity index (χ2v) is 6.43. The zero-order valence-corrected chi connectivity index (χ0v) is 14.9. The standard InChI is InChI=1S/C19H28N2O4/c1-2-3-4-5-11-25-16-8-6-7-15(12-16)14-21-10-9-20-19(24)17(21)13-18(22)23/h6-8,12,17H,2-5,9-11,13-14H2,1H3,(H,20,24)(H,22,23). The van der Waals surface area contributed by atoms with Gasteiger partial charge in [0.2, 0.25) is 5.91 Å². The molecule has 0 spiro atoms. The fraction of sp³-hybridized carbons (Fsp3) is 0.579. The number of carboxylic acid groups (broad SMARTS) is 1. The Morgan fingerprint density at radius 2 is 2.20 bits per heavy atom. The van der Waals surface area contributed by atoms with Crippen LogP contribution in [-0.4, -0.2) is 47.6 Å². The molecule has 0 saturated carbocycles. The lowest BCUT2D eigenvalue weighted by atomic mass is 10.1. The summed E-state index contributed by atoms with van der Waals surface area (Å²) in [5, 5.41) is 11.8. The number of unbranched alkanes of at least 4 members (excludes halogenated alkanes) is 3. The Labute approximate surface area is 149 Å². The van der Waals surface area contributed by atoms with Crippen LogP contribution in [0.4, 0.5) is 0 Å². The van der Waals surface area contributed by atoms with Gasteiger partial charge in [0, 0.05) is 19.6 Å². The molecule has 2 N–H and O–H groups in total. The molecule has 1 aromatic rings. The van der Waals surface area contributed by atoms with E-state index in [4.69, 9.17) is 9.84 Å². The van der Waals surface area contributed by atoms with Crippen LogP contribution in [0.2, 0.25) is 0 Å². The van der Waals surface area contributed by atoms with Crippen molar-refractivity contribution in [3.63, 3.8) is 0 Å². The maximum atomic E-state index is 12.0. The van der Waals surface area contributed by atoms with Gasteiger partial charge in [-0.25, -0.2) is 0 Å². The SMILES string of the molecule is CCCCCCOc1cccc(CN2CCNC(=O)C2CC(=O)O)c1. The van der Waals surface area contributed by atoms with E-state index in [0.717, 1.165) is 17.7 Å². The van der Waals surface area contributed by atoms with Crippen LogP contribution in [0, 0.1) is 0 Å². The van der Waals surface area contributed by atoms with Crippen molar-refractivity contribution < 1.29 is 19.4 Å². The van der Waals surface area contributed by atoms with E-state index in [2.05, 4.69) is 12.2 Å².